The lowest BCUT2D eigenvalue weighted by Crippen LogP contribution is -2.21. The van der Waals surface area contributed by atoms with Gasteiger partial charge in [-0.05, 0) is 44.1 Å². The van der Waals surface area contributed by atoms with Gasteiger partial charge in [-0.25, -0.2) is 0 Å². The van der Waals surface area contributed by atoms with Crippen molar-refractivity contribution in [3.05, 3.63) is 24.3 Å². The van der Waals surface area contributed by atoms with Crippen LogP contribution in [0.5, 0.6) is 0 Å². The van der Waals surface area contributed by atoms with Crippen LogP contribution in [0.4, 0.5) is 0 Å². The highest BCUT2D eigenvalue weighted by Gasteiger charge is 2.39. The third-order valence-electron chi connectivity index (χ3n) is 5.17. The van der Waals surface area contributed by atoms with Gasteiger partial charge in [0.15, 0.2) is 0 Å². The van der Waals surface area contributed by atoms with Crippen molar-refractivity contribution in [2.45, 2.75) is 83.0 Å². The molecule has 2 N–H and O–H groups in total. The predicted molar refractivity (Wildman–Crippen MR) is 94.4 cm³/mol. The van der Waals surface area contributed by atoms with E-state index in [1.807, 2.05) is 12.2 Å². The minimum Gasteiger partial charge on any atom is -0.458 e. The molecule has 0 aromatic heterocycles. The highest BCUT2D eigenvalue weighted by Crippen LogP contribution is 2.36. The monoisotopic (exact) mass is 336 g/mol. The van der Waals surface area contributed by atoms with Crippen molar-refractivity contribution in [2.24, 2.45) is 11.8 Å². The number of aliphatic hydroxyl groups is 2. The molecule has 4 heteroatoms. The van der Waals surface area contributed by atoms with Crippen LogP contribution in [-0.2, 0) is 9.53 Å². The van der Waals surface area contributed by atoms with Gasteiger partial charge in [0.1, 0.15) is 6.10 Å². The first-order valence-corrected chi connectivity index (χ1v) is 9.50. The number of allylic oxidation sites excluding steroid dienone is 2. The average Bonchev–Trinajstić information content (AvgIpc) is 2.81. The summed E-state index contributed by atoms with van der Waals surface area (Å²) < 4.78 is 5.63. The number of aliphatic hydroxyl groups excluding tert-OH is 2. The van der Waals surface area contributed by atoms with Crippen LogP contribution in [0.25, 0.3) is 0 Å². The maximum Gasteiger partial charge on any atom is 0.306 e. The summed E-state index contributed by atoms with van der Waals surface area (Å²) in [6, 6.07) is 0. The molecule has 1 saturated carbocycles. The maximum atomic E-state index is 12.0. The molecule has 0 aromatic rings. The lowest BCUT2D eigenvalue weighted by Gasteiger charge is -2.20. The predicted octanol–water partition coefficient (Wildman–Crippen LogP) is 3.52. The number of unbranched alkanes of at least 4 members (excludes halogenated alkanes) is 2. The summed E-state index contributed by atoms with van der Waals surface area (Å²) in [7, 11) is 0. The molecule has 24 heavy (non-hydrogen) atoms. The zero-order valence-corrected chi connectivity index (χ0v) is 14.8. The van der Waals surface area contributed by atoms with E-state index in [0.29, 0.717) is 12.8 Å². The first-order chi connectivity index (χ1) is 11.6. The highest BCUT2D eigenvalue weighted by molar-refractivity contribution is 5.69. The molecule has 5 unspecified atom stereocenters. The Balaban J connectivity index is 2.10. The fourth-order valence-corrected chi connectivity index (χ4v) is 3.71. The number of ether oxygens (including phenoxy) is 1. The molecule has 0 saturated heterocycles. The smallest absolute Gasteiger partial charge is 0.306 e. The third kappa shape index (κ3) is 5.75. The second kappa shape index (κ2) is 10.00. The van der Waals surface area contributed by atoms with Gasteiger partial charge in [0.25, 0.3) is 0 Å². The van der Waals surface area contributed by atoms with Crippen molar-refractivity contribution < 1.29 is 19.7 Å². The largest absolute Gasteiger partial charge is 0.458 e. The second-order valence-electron chi connectivity index (χ2n) is 7.12. The summed E-state index contributed by atoms with van der Waals surface area (Å²) in [6.07, 6.45) is 14.2. The Morgan fingerprint density at radius 3 is 2.79 bits per heavy atom. The minimum absolute atomic E-state index is 0.0419. The van der Waals surface area contributed by atoms with E-state index in [9.17, 15) is 15.0 Å². The molecule has 1 aliphatic carbocycles. The molecule has 2 rings (SSSR count). The Bertz CT molecular complexity index is 443. The Morgan fingerprint density at radius 2 is 2.00 bits per heavy atom. The average molecular weight is 336 g/mol. The zero-order chi connectivity index (χ0) is 17.4. The Labute approximate surface area is 145 Å². The Morgan fingerprint density at radius 1 is 1.17 bits per heavy atom. The van der Waals surface area contributed by atoms with Gasteiger partial charge in [-0.15, -0.1) is 0 Å². The van der Waals surface area contributed by atoms with Crippen molar-refractivity contribution in [3.63, 3.8) is 0 Å². The minimum atomic E-state index is -0.522. The molecule has 4 nitrogen and oxygen atoms in total. The van der Waals surface area contributed by atoms with Gasteiger partial charge >= 0.3 is 5.97 Å². The molecule has 0 aromatic carbocycles. The molecule has 5 atom stereocenters. The van der Waals surface area contributed by atoms with Gasteiger partial charge in [0, 0.05) is 18.8 Å². The van der Waals surface area contributed by atoms with E-state index in [-0.39, 0.29) is 23.9 Å². The fraction of sp³-hybridized carbons (Fsp3) is 0.750. The maximum absolute atomic E-state index is 12.0. The molecule has 1 aliphatic heterocycles. The number of rotatable bonds is 4. The summed E-state index contributed by atoms with van der Waals surface area (Å²) >= 11 is 0. The van der Waals surface area contributed by atoms with Crippen LogP contribution in [-0.4, -0.2) is 34.5 Å². The van der Waals surface area contributed by atoms with Gasteiger partial charge in [-0.3, -0.25) is 4.79 Å². The van der Waals surface area contributed by atoms with Gasteiger partial charge in [-0.2, -0.15) is 0 Å². The van der Waals surface area contributed by atoms with Crippen LogP contribution in [0.1, 0.15) is 64.7 Å². The summed E-state index contributed by atoms with van der Waals surface area (Å²) in [6.45, 7) is 2.15. The molecular weight excluding hydrogens is 304 g/mol. The number of hydrogen-bond acceptors (Lipinski definition) is 4. The van der Waals surface area contributed by atoms with Gasteiger partial charge in [0.2, 0.25) is 0 Å². The van der Waals surface area contributed by atoms with E-state index in [1.165, 1.54) is 0 Å². The van der Waals surface area contributed by atoms with Crippen LogP contribution < -0.4 is 0 Å². The lowest BCUT2D eigenvalue weighted by atomic mass is 9.89. The summed E-state index contributed by atoms with van der Waals surface area (Å²) in [5, 5.41) is 20.5. The fourth-order valence-electron chi connectivity index (χ4n) is 3.71. The van der Waals surface area contributed by atoms with Crippen LogP contribution in [0.3, 0.4) is 0 Å². The number of cyclic esters (lactones) is 1. The quantitative estimate of drug-likeness (QED) is 0.468. The van der Waals surface area contributed by atoms with E-state index < -0.39 is 12.2 Å². The van der Waals surface area contributed by atoms with Crippen LogP contribution >= 0.6 is 0 Å². The van der Waals surface area contributed by atoms with Crippen LogP contribution in [0.15, 0.2) is 24.3 Å². The second-order valence-corrected chi connectivity index (χ2v) is 7.12. The highest BCUT2D eigenvalue weighted by atomic mass is 16.5. The molecule has 0 radical (unpaired) electrons. The number of carbonyl (C=O) groups excluding carboxylic acids is 1. The van der Waals surface area contributed by atoms with Crippen molar-refractivity contribution in [3.8, 4) is 0 Å². The molecule has 0 amide bonds. The van der Waals surface area contributed by atoms with Gasteiger partial charge < -0.3 is 14.9 Å². The van der Waals surface area contributed by atoms with E-state index in [0.717, 1.165) is 44.9 Å². The molecule has 0 bridgehead atoms. The third-order valence-corrected chi connectivity index (χ3v) is 5.17. The lowest BCUT2D eigenvalue weighted by molar-refractivity contribution is -0.147. The van der Waals surface area contributed by atoms with Crippen molar-refractivity contribution in [2.75, 3.05) is 0 Å². The van der Waals surface area contributed by atoms with E-state index in [1.54, 1.807) is 0 Å². The first kappa shape index (κ1) is 19.2. The molecular formula is C20H32O4. The van der Waals surface area contributed by atoms with Gasteiger partial charge in [0.05, 0.1) is 12.2 Å². The molecule has 0 spiro atoms. The Kier molecular flexibility index (Phi) is 8.00. The Hall–Kier alpha value is -1.13. The number of hydrogen-bond donors (Lipinski definition) is 2. The van der Waals surface area contributed by atoms with E-state index in [4.69, 9.17) is 4.74 Å². The number of esters is 1. The zero-order valence-electron chi connectivity index (χ0n) is 14.8. The normalized spacial score (nSPS) is 34.8. The standard InChI is InChI=1S/C20H32O4/c1-2-3-6-9-15-12-13-17-16(18(21)14-19(17)22)10-7-4-5-8-11-20(23)24-15/h4,7,12-13,15-19,21-22H,2-3,5-6,8-11,14H2,1H3. The molecule has 2 aliphatic rings. The molecule has 1 heterocycles. The molecule has 1 fully saturated rings. The van der Waals surface area contributed by atoms with Crippen LogP contribution in [0, 0.1) is 11.8 Å². The van der Waals surface area contributed by atoms with Crippen LogP contribution in [0.2, 0.25) is 0 Å². The van der Waals surface area contributed by atoms with Gasteiger partial charge in [-0.1, -0.05) is 38.0 Å². The summed E-state index contributed by atoms with van der Waals surface area (Å²) in [5.41, 5.74) is 0. The van der Waals surface area contributed by atoms with E-state index in [2.05, 4.69) is 19.1 Å². The van der Waals surface area contributed by atoms with Crippen molar-refractivity contribution in [1.29, 1.82) is 0 Å². The summed E-state index contributed by atoms with van der Waals surface area (Å²) in [5.74, 6) is -0.171. The number of fused-ring (bicyclic) bond motifs is 1. The number of carbonyl (C=O) groups is 1. The topological polar surface area (TPSA) is 66.8 Å². The molecule has 136 valence electrons. The SMILES string of the molecule is CCCCCC1C=CC2C(O)CC(O)C2CC=CCCCC(=O)O1. The first-order valence-electron chi connectivity index (χ1n) is 9.50. The van der Waals surface area contributed by atoms with E-state index >= 15 is 0 Å². The summed E-state index contributed by atoms with van der Waals surface area (Å²) in [4.78, 5) is 12.0. The van der Waals surface area contributed by atoms with Crippen molar-refractivity contribution in [1.82, 2.24) is 0 Å². The van der Waals surface area contributed by atoms with Crippen molar-refractivity contribution >= 4 is 5.97 Å².